The molecule has 0 aliphatic heterocycles. The second-order valence-corrected chi connectivity index (χ2v) is 4.57. The van der Waals surface area contributed by atoms with Crippen molar-refractivity contribution in [2.24, 2.45) is 0 Å². The third kappa shape index (κ3) is 2.47. The zero-order valence-electron chi connectivity index (χ0n) is 10.8. The number of carbonyl (C=O) groups excluding carboxylic acids is 1. The van der Waals surface area contributed by atoms with Crippen LogP contribution >= 0.6 is 0 Å². The van der Waals surface area contributed by atoms with Gasteiger partial charge >= 0.3 is 0 Å². The molecule has 0 bridgehead atoms. The largest absolute Gasteiger partial charge is 0.305 e. The predicted octanol–water partition coefficient (Wildman–Crippen LogP) is 3.05. The van der Waals surface area contributed by atoms with Crippen LogP contribution in [0, 0.1) is 5.82 Å². The predicted molar refractivity (Wildman–Crippen MR) is 71.9 cm³/mol. The Hall–Kier alpha value is -2.23. The van der Waals surface area contributed by atoms with Crippen LogP contribution in [0.3, 0.4) is 0 Å². The fraction of sp³-hybridized carbons (Fsp3) is 0.200. The van der Waals surface area contributed by atoms with Crippen molar-refractivity contribution in [2.75, 3.05) is 0 Å². The number of aldehydes is 1. The van der Waals surface area contributed by atoms with Gasteiger partial charge in [-0.1, -0.05) is 0 Å². The molecule has 2 aromatic rings. The number of aromatic nitrogens is 1. The van der Waals surface area contributed by atoms with Gasteiger partial charge in [0.1, 0.15) is 5.82 Å². The number of benzene rings is 1. The number of hydrogen-bond acceptors (Lipinski definition) is 2. The normalized spacial score (nSPS) is 10.7. The van der Waals surface area contributed by atoms with Gasteiger partial charge in [0.05, 0.1) is 11.3 Å². The molecule has 1 heterocycles. The van der Waals surface area contributed by atoms with Crippen LogP contribution < -0.4 is 5.56 Å². The van der Waals surface area contributed by atoms with E-state index < -0.39 is 0 Å². The van der Waals surface area contributed by atoms with Gasteiger partial charge in [-0.15, -0.1) is 0 Å². The van der Waals surface area contributed by atoms with Gasteiger partial charge in [0.15, 0.2) is 6.29 Å². The topological polar surface area (TPSA) is 39.1 Å². The molecule has 0 saturated carbocycles. The minimum absolute atomic E-state index is 0.0903. The van der Waals surface area contributed by atoms with Crippen molar-refractivity contribution in [2.45, 2.75) is 19.9 Å². The first-order chi connectivity index (χ1) is 9.04. The highest BCUT2D eigenvalue weighted by Gasteiger charge is 2.12. The van der Waals surface area contributed by atoms with Gasteiger partial charge in [-0.25, -0.2) is 4.39 Å². The third-order valence-electron chi connectivity index (χ3n) is 2.93. The van der Waals surface area contributed by atoms with Gasteiger partial charge in [0.25, 0.3) is 5.56 Å². The molecule has 0 unspecified atom stereocenters. The second kappa shape index (κ2) is 5.18. The fourth-order valence-corrected chi connectivity index (χ4v) is 2.03. The van der Waals surface area contributed by atoms with Crippen molar-refractivity contribution >= 4 is 6.29 Å². The first kappa shape index (κ1) is 13.2. The molecule has 0 aliphatic rings. The van der Waals surface area contributed by atoms with Crippen molar-refractivity contribution < 1.29 is 9.18 Å². The Morgan fingerprint density at radius 3 is 2.26 bits per heavy atom. The Morgan fingerprint density at radius 1 is 1.11 bits per heavy atom. The van der Waals surface area contributed by atoms with Gasteiger partial charge in [0, 0.05) is 6.04 Å². The Balaban J connectivity index is 2.70. The zero-order valence-corrected chi connectivity index (χ0v) is 10.8. The van der Waals surface area contributed by atoms with Gasteiger partial charge in [-0.2, -0.15) is 0 Å². The van der Waals surface area contributed by atoms with E-state index >= 15 is 0 Å². The molecule has 2 rings (SSSR count). The Kier molecular flexibility index (Phi) is 3.60. The Bertz CT molecular complexity index is 657. The molecule has 19 heavy (non-hydrogen) atoms. The summed E-state index contributed by atoms with van der Waals surface area (Å²) in [7, 11) is 0. The summed E-state index contributed by atoms with van der Waals surface area (Å²) >= 11 is 0. The van der Waals surface area contributed by atoms with Gasteiger partial charge in [-0.05, 0) is 55.8 Å². The van der Waals surface area contributed by atoms with Crippen molar-refractivity contribution in [1.29, 1.82) is 0 Å². The van der Waals surface area contributed by atoms with Gasteiger partial charge in [-0.3, -0.25) is 9.59 Å². The molecule has 3 nitrogen and oxygen atoms in total. The first-order valence-corrected chi connectivity index (χ1v) is 6.01. The molecule has 98 valence electrons. The number of nitrogens with zero attached hydrogens (tertiary/aromatic N) is 1. The highest BCUT2D eigenvalue weighted by Crippen LogP contribution is 2.21. The van der Waals surface area contributed by atoms with E-state index in [4.69, 9.17) is 0 Å². The lowest BCUT2D eigenvalue weighted by Crippen LogP contribution is -2.26. The lowest BCUT2D eigenvalue weighted by Gasteiger charge is -2.17. The Morgan fingerprint density at radius 2 is 1.74 bits per heavy atom. The highest BCUT2D eigenvalue weighted by atomic mass is 19.1. The lowest BCUT2D eigenvalue weighted by atomic mass is 10.1. The van der Waals surface area contributed by atoms with E-state index in [1.165, 1.54) is 22.8 Å². The fourth-order valence-electron chi connectivity index (χ4n) is 2.03. The van der Waals surface area contributed by atoms with E-state index in [9.17, 15) is 14.0 Å². The third-order valence-corrected chi connectivity index (χ3v) is 2.93. The van der Waals surface area contributed by atoms with Crippen LogP contribution in [0.1, 0.15) is 30.2 Å². The molecule has 0 saturated heterocycles. The van der Waals surface area contributed by atoms with Crippen molar-refractivity contribution in [3.8, 4) is 11.3 Å². The summed E-state index contributed by atoms with van der Waals surface area (Å²) in [5.41, 5.74) is 1.21. The SMILES string of the molecule is CC(C)n1c(-c2ccc(F)cc2)ccc(C=O)c1=O. The maximum atomic E-state index is 12.9. The molecular formula is C15H14FNO2. The smallest absolute Gasteiger partial charge is 0.261 e. The summed E-state index contributed by atoms with van der Waals surface area (Å²) in [5, 5.41) is 0. The summed E-state index contributed by atoms with van der Waals surface area (Å²) in [6, 6.07) is 9.03. The number of carbonyl (C=O) groups is 1. The standard InChI is InChI=1S/C15H14FNO2/c1-10(2)17-14(8-5-12(9-18)15(17)19)11-3-6-13(16)7-4-11/h3-10H,1-2H3. The highest BCUT2D eigenvalue weighted by molar-refractivity contribution is 5.75. The van der Waals surface area contributed by atoms with E-state index in [2.05, 4.69) is 0 Å². The lowest BCUT2D eigenvalue weighted by molar-refractivity contribution is 0.112. The maximum Gasteiger partial charge on any atom is 0.261 e. The summed E-state index contributed by atoms with van der Waals surface area (Å²) in [6.45, 7) is 3.73. The van der Waals surface area contributed by atoms with Gasteiger partial charge < -0.3 is 4.57 Å². The molecule has 4 heteroatoms. The van der Waals surface area contributed by atoms with Crippen molar-refractivity contribution in [3.63, 3.8) is 0 Å². The monoisotopic (exact) mass is 259 g/mol. The average Bonchev–Trinajstić information content (AvgIpc) is 2.38. The molecule has 0 spiro atoms. The van der Waals surface area contributed by atoms with E-state index in [-0.39, 0.29) is 23.0 Å². The number of hydrogen-bond donors (Lipinski definition) is 0. The minimum atomic E-state index is -0.327. The second-order valence-electron chi connectivity index (χ2n) is 4.57. The zero-order chi connectivity index (χ0) is 14.0. The Labute approximate surface area is 110 Å². The number of halogens is 1. The molecule has 0 fully saturated rings. The van der Waals surface area contributed by atoms with Crippen molar-refractivity contribution in [3.05, 3.63) is 58.1 Å². The number of rotatable bonds is 3. The molecular weight excluding hydrogens is 245 g/mol. The molecule has 0 atom stereocenters. The molecule has 0 aliphatic carbocycles. The summed E-state index contributed by atoms with van der Waals surface area (Å²) in [4.78, 5) is 23.0. The summed E-state index contributed by atoms with van der Waals surface area (Å²) in [6.07, 6.45) is 0.551. The summed E-state index contributed by atoms with van der Waals surface area (Å²) < 4.78 is 14.5. The van der Waals surface area contributed by atoms with Crippen molar-refractivity contribution in [1.82, 2.24) is 4.57 Å². The molecule has 1 aromatic heterocycles. The van der Waals surface area contributed by atoms with E-state index in [1.807, 2.05) is 13.8 Å². The van der Waals surface area contributed by atoms with Crippen LogP contribution in [-0.2, 0) is 0 Å². The molecule has 1 aromatic carbocycles. The van der Waals surface area contributed by atoms with Crippen LogP contribution in [0.4, 0.5) is 4.39 Å². The number of pyridine rings is 1. The first-order valence-electron chi connectivity index (χ1n) is 6.01. The van der Waals surface area contributed by atoms with Crippen LogP contribution in [0.5, 0.6) is 0 Å². The minimum Gasteiger partial charge on any atom is -0.305 e. The van der Waals surface area contributed by atoms with E-state index in [1.54, 1.807) is 18.2 Å². The maximum absolute atomic E-state index is 12.9. The van der Waals surface area contributed by atoms with Crippen LogP contribution in [-0.4, -0.2) is 10.9 Å². The molecule has 0 radical (unpaired) electrons. The van der Waals surface area contributed by atoms with Gasteiger partial charge in [0.2, 0.25) is 0 Å². The van der Waals surface area contributed by atoms with Crippen LogP contribution in [0.25, 0.3) is 11.3 Å². The molecule has 0 amide bonds. The van der Waals surface area contributed by atoms with Crippen LogP contribution in [0.2, 0.25) is 0 Å². The van der Waals surface area contributed by atoms with E-state index in [0.717, 1.165) is 5.56 Å². The van der Waals surface area contributed by atoms with Crippen LogP contribution in [0.15, 0.2) is 41.2 Å². The summed E-state index contributed by atoms with van der Waals surface area (Å²) in [5.74, 6) is -0.327. The van der Waals surface area contributed by atoms with E-state index in [0.29, 0.717) is 12.0 Å². The quantitative estimate of drug-likeness (QED) is 0.795. The average molecular weight is 259 g/mol. The molecule has 0 N–H and O–H groups in total.